The van der Waals surface area contributed by atoms with E-state index in [9.17, 15) is 14.4 Å². The van der Waals surface area contributed by atoms with Crippen molar-refractivity contribution in [3.05, 3.63) is 35.9 Å². The molecule has 2 bridgehead atoms. The first kappa shape index (κ1) is 21.6. The number of imide groups is 1. The summed E-state index contributed by atoms with van der Waals surface area (Å²) in [5, 5.41) is 5.23. The Labute approximate surface area is 191 Å². The molecule has 4 aliphatic rings. The van der Waals surface area contributed by atoms with Gasteiger partial charge in [0.2, 0.25) is 0 Å². The van der Waals surface area contributed by atoms with E-state index in [0.717, 1.165) is 11.4 Å². The van der Waals surface area contributed by atoms with Crippen molar-refractivity contribution in [3.63, 3.8) is 0 Å². The van der Waals surface area contributed by atoms with E-state index in [4.69, 9.17) is 14.2 Å². The molecule has 5 rings (SSSR count). The van der Waals surface area contributed by atoms with Gasteiger partial charge in [-0.1, -0.05) is 12.2 Å². The molecule has 2 heterocycles. The van der Waals surface area contributed by atoms with Crippen LogP contribution < -0.4 is 9.47 Å². The minimum atomic E-state index is -0.275. The smallest absolute Gasteiger partial charge is 0.260 e. The highest BCUT2D eigenvalue weighted by Gasteiger charge is 2.59. The third kappa shape index (κ3) is 4.01. The highest BCUT2D eigenvalue weighted by Crippen LogP contribution is 2.52. The zero-order valence-electron chi connectivity index (χ0n) is 18.5. The number of rotatable bonds is 7. The maximum absolute atomic E-state index is 12.8. The lowest BCUT2D eigenvalue weighted by Gasteiger charge is -2.26. The molecule has 3 amide bonds. The molecule has 1 aromatic carbocycles. The molecule has 2 saturated heterocycles. The van der Waals surface area contributed by atoms with Crippen LogP contribution in [0.25, 0.3) is 0 Å². The first-order valence-corrected chi connectivity index (χ1v) is 11.4. The molecule has 9 heteroatoms. The summed E-state index contributed by atoms with van der Waals surface area (Å²) in [6.45, 7) is 4.36. The fourth-order valence-electron chi connectivity index (χ4n) is 5.16. The fraction of sp³-hybridized carbons (Fsp3) is 0.500. The van der Waals surface area contributed by atoms with E-state index in [1.807, 2.05) is 6.92 Å². The first-order chi connectivity index (χ1) is 16.1. The number of carbonyl (C=O) groups excluding carboxylic acids is 3. The zero-order chi connectivity index (χ0) is 22.9. The van der Waals surface area contributed by atoms with E-state index >= 15 is 0 Å². The molecule has 4 atom stereocenters. The summed E-state index contributed by atoms with van der Waals surface area (Å²) in [6, 6.07) is 5.17. The van der Waals surface area contributed by atoms with Crippen LogP contribution in [0.1, 0.15) is 18.9 Å². The highest BCUT2D eigenvalue weighted by molar-refractivity contribution is 6.06. The molecule has 33 heavy (non-hydrogen) atoms. The number of fused-ring (bicyclic) bond motifs is 5. The molecule has 0 radical (unpaired) electrons. The van der Waals surface area contributed by atoms with E-state index < -0.39 is 0 Å². The Balaban J connectivity index is 1.26. The Morgan fingerprint density at radius 3 is 2.45 bits per heavy atom. The molecule has 2 aliphatic heterocycles. The molecule has 3 fully saturated rings. The quantitative estimate of drug-likeness (QED) is 0.352. The Hall–Kier alpha value is -3.20. The molecule has 0 aromatic heterocycles. The lowest BCUT2D eigenvalue weighted by Crippen LogP contribution is -2.43. The fourth-order valence-corrected chi connectivity index (χ4v) is 5.16. The van der Waals surface area contributed by atoms with E-state index in [2.05, 4.69) is 17.3 Å². The molecule has 0 spiro atoms. The maximum Gasteiger partial charge on any atom is 0.260 e. The standard InChI is InChI=1S/C24H27N3O6/c1-2-32-19-11-15(3-6-18(19)33-14-20(28)26-7-9-31-10-8-26)13-25-27-23(29)21-16-4-5-17(12-16)22(21)24(27)30/h3-6,11,13,16-17,21-22H,2,7-10,12,14H2,1H3/t16-,17-,21-,22+/m0/s1. The molecule has 2 aliphatic carbocycles. The average molecular weight is 453 g/mol. The van der Waals surface area contributed by atoms with Gasteiger partial charge in [-0.2, -0.15) is 10.1 Å². The van der Waals surface area contributed by atoms with Crippen LogP contribution in [0, 0.1) is 23.7 Å². The van der Waals surface area contributed by atoms with E-state index in [1.54, 1.807) is 23.1 Å². The molecule has 1 aromatic rings. The van der Waals surface area contributed by atoms with E-state index in [-0.39, 0.29) is 48.0 Å². The van der Waals surface area contributed by atoms with Crippen molar-refractivity contribution in [2.75, 3.05) is 39.5 Å². The zero-order valence-corrected chi connectivity index (χ0v) is 18.5. The number of amides is 3. The van der Waals surface area contributed by atoms with Crippen molar-refractivity contribution in [1.82, 2.24) is 9.91 Å². The predicted octanol–water partition coefficient (Wildman–Crippen LogP) is 1.46. The van der Waals surface area contributed by atoms with Gasteiger partial charge >= 0.3 is 0 Å². The van der Waals surface area contributed by atoms with Crippen molar-refractivity contribution in [2.24, 2.45) is 28.8 Å². The lowest BCUT2D eigenvalue weighted by atomic mass is 9.85. The number of ether oxygens (including phenoxy) is 3. The number of benzene rings is 1. The van der Waals surface area contributed by atoms with Gasteiger partial charge in [0.05, 0.1) is 37.9 Å². The summed E-state index contributed by atoms with van der Waals surface area (Å²) in [5.41, 5.74) is 0.657. The summed E-state index contributed by atoms with van der Waals surface area (Å²) in [4.78, 5) is 39.6. The van der Waals surface area contributed by atoms with Crippen molar-refractivity contribution in [3.8, 4) is 11.5 Å². The van der Waals surface area contributed by atoms with Gasteiger partial charge < -0.3 is 19.1 Å². The third-order valence-electron chi connectivity index (χ3n) is 6.75. The SMILES string of the molecule is CCOc1cc(C=NN2C(=O)[C@@H]3[C@H](C2=O)[C@H]2C=C[C@H]3C2)ccc1OCC(=O)N1CCOCC1. The van der Waals surface area contributed by atoms with Crippen molar-refractivity contribution < 1.29 is 28.6 Å². The van der Waals surface area contributed by atoms with Crippen molar-refractivity contribution in [2.45, 2.75) is 13.3 Å². The van der Waals surface area contributed by atoms with Crippen molar-refractivity contribution >= 4 is 23.9 Å². The van der Waals surface area contributed by atoms with Crippen LogP contribution in [0.15, 0.2) is 35.5 Å². The molecular formula is C24H27N3O6. The minimum absolute atomic E-state index is 0.0938. The molecule has 9 nitrogen and oxygen atoms in total. The van der Waals surface area contributed by atoms with Crippen LogP contribution in [-0.4, -0.2) is 73.4 Å². The second kappa shape index (κ2) is 8.97. The molecular weight excluding hydrogens is 426 g/mol. The van der Waals surface area contributed by atoms with Gasteiger partial charge in [0.15, 0.2) is 18.1 Å². The second-order valence-electron chi connectivity index (χ2n) is 8.65. The number of allylic oxidation sites excluding steroid dienone is 2. The molecule has 174 valence electrons. The number of hydrogen-bond acceptors (Lipinski definition) is 7. The summed E-state index contributed by atoms with van der Waals surface area (Å²) in [6.07, 6.45) is 6.48. The van der Waals surface area contributed by atoms with Gasteiger partial charge in [-0.3, -0.25) is 14.4 Å². The number of hydrazone groups is 1. The minimum Gasteiger partial charge on any atom is -0.490 e. The van der Waals surface area contributed by atoms with E-state index in [0.29, 0.717) is 50.0 Å². The molecule has 1 saturated carbocycles. The number of hydrogen-bond donors (Lipinski definition) is 0. The van der Waals surface area contributed by atoms with Gasteiger partial charge in [0, 0.05) is 13.1 Å². The van der Waals surface area contributed by atoms with Crippen LogP contribution in [-0.2, 0) is 19.1 Å². The Morgan fingerprint density at radius 2 is 1.79 bits per heavy atom. The molecule has 0 unspecified atom stereocenters. The highest BCUT2D eigenvalue weighted by atomic mass is 16.5. The topological polar surface area (TPSA) is 97.7 Å². The summed E-state index contributed by atoms with van der Waals surface area (Å²) >= 11 is 0. The number of carbonyl (C=O) groups is 3. The lowest BCUT2D eigenvalue weighted by molar-refractivity contribution is -0.140. The second-order valence-corrected chi connectivity index (χ2v) is 8.65. The Bertz CT molecular complexity index is 985. The largest absolute Gasteiger partial charge is 0.490 e. The van der Waals surface area contributed by atoms with Gasteiger partial charge in [0.1, 0.15) is 0 Å². The third-order valence-corrected chi connectivity index (χ3v) is 6.75. The maximum atomic E-state index is 12.8. The van der Waals surface area contributed by atoms with Crippen LogP contribution in [0.2, 0.25) is 0 Å². The summed E-state index contributed by atoms with van der Waals surface area (Å²) < 4.78 is 16.7. The van der Waals surface area contributed by atoms with Gasteiger partial charge in [0.25, 0.3) is 17.7 Å². The van der Waals surface area contributed by atoms with Crippen molar-refractivity contribution in [1.29, 1.82) is 0 Å². The first-order valence-electron chi connectivity index (χ1n) is 11.4. The van der Waals surface area contributed by atoms with Crippen LogP contribution in [0.4, 0.5) is 0 Å². The molecule has 0 N–H and O–H groups in total. The van der Waals surface area contributed by atoms with Gasteiger partial charge in [-0.15, -0.1) is 0 Å². The summed E-state index contributed by atoms with van der Waals surface area (Å²) in [7, 11) is 0. The van der Waals surface area contributed by atoms with E-state index in [1.165, 1.54) is 6.21 Å². The average Bonchev–Trinajstić information content (AvgIpc) is 3.52. The van der Waals surface area contributed by atoms with Gasteiger partial charge in [-0.25, -0.2) is 0 Å². The van der Waals surface area contributed by atoms with Crippen LogP contribution in [0.3, 0.4) is 0 Å². The van der Waals surface area contributed by atoms with Gasteiger partial charge in [-0.05, 0) is 48.9 Å². The van der Waals surface area contributed by atoms with Crippen LogP contribution >= 0.6 is 0 Å². The Kier molecular flexibility index (Phi) is 5.88. The van der Waals surface area contributed by atoms with Crippen LogP contribution in [0.5, 0.6) is 11.5 Å². The Morgan fingerprint density at radius 1 is 1.09 bits per heavy atom. The predicted molar refractivity (Wildman–Crippen MR) is 118 cm³/mol. The summed E-state index contributed by atoms with van der Waals surface area (Å²) in [5.74, 6) is 0.124. The normalized spacial score (nSPS) is 28.2. The monoisotopic (exact) mass is 453 g/mol. The number of nitrogens with zero attached hydrogens (tertiary/aromatic N) is 3. The number of morpholine rings is 1.